The molecule has 0 spiro atoms. The molecule has 0 radical (unpaired) electrons. The minimum Gasteiger partial charge on any atom is -0.489 e. The second-order valence-electron chi connectivity index (χ2n) is 8.66. The van der Waals surface area contributed by atoms with Crippen LogP contribution in [0.1, 0.15) is 20.3 Å². The van der Waals surface area contributed by atoms with Gasteiger partial charge in [0.05, 0.1) is 33.3 Å². The molecule has 0 bridgehead atoms. The topological polar surface area (TPSA) is 87.7 Å². The number of piperazine rings is 1. The molecule has 2 aliphatic rings. The number of fused-ring (bicyclic) bond motifs is 1. The van der Waals surface area contributed by atoms with E-state index in [1.54, 1.807) is 18.3 Å². The number of carbonyl (C=O) groups is 2. The van der Waals surface area contributed by atoms with Crippen LogP contribution in [0.3, 0.4) is 0 Å². The normalized spacial score (nSPS) is 19.6. The van der Waals surface area contributed by atoms with Gasteiger partial charge in [0.15, 0.2) is 0 Å². The third kappa shape index (κ3) is 4.50. The van der Waals surface area contributed by atoms with Gasteiger partial charge in [0, 0.05) is 57.5 Å². The highest BCUT2D eigenvalue weighted by atomic mass is 32.1. The molecule has 0 aliphatic carbocycles. The first kappa shape index (κ1) is 21.6. The Hall–Kier alpha value is -3.20. The van der Waals surface area contributed by atoms with Crippen LogP contribution in [0.25, 0.3) is 21.5 Å². The fraction of sp³-hybridized carbons (Fsp3) is 0.417. The van der Waals surface area contributed by atoms with Crippen molar-refractivity contribution in [3.63, 3.8) is 0 Å². The van der Waals surface area contributed by atoms with E-state index in [2.05, 4.69) is 21.3 Å². The van der Waals surface area contributed by atoms with Crippen molar-refractivity contribution in [1.29, 1.82) is 0 Å². The Morgan fingerprint density at radius 1 is 1.21 bits per heavy atom. The van der Waals surface area contributed by atoms with Crippen LogP contribution in [0.15, 0.2) is 36.0 Å². The molecule has 5 rings (SSSR count). The molecular formula is C24H27N5O3S. The van der Waals surface area contributed by atoms with Crippen LogP contribution in [-0.2, 0) is 9.59 Å². The highest BCUT2D eigenvalue weighted by Crippen LogP contribution is 2.36. The molecule has 4 heterocycles. The largest absolute Gasteiger partial charge is 0.489 e. The third-order valence-corrected chi connectivity index (χ3v) is 7.37. The van der Waals surface area contributed by atoms with Gasteiger partial charge in [-0.15, -0.1) is 11.3 Å². The number of rotatable bonds is 5. The molecule has 2 fully saturated rings. The summed E-state index contributed by atoms with van der Waals surface area (Å²) in [5, 5.41) is 2.88. The van der Waals surface area contributed by atoms with Gasteiger partial charge in [-0.25, -0.2) is 4.98 Å². The molecule has 2 aliphatic heterocycles. The maximum atomic E-state index is 11.6. The molecule has 3 aromatic rings. The summed E-state index contributed by atoms with van der Waals surface area (Å²) in [6.45, 7) is 7.36. The third-order valence-electron chi connectivity index (χ3n) is 6.52. The molecule has 1 N–H and O–H groups in total. The number of thiazole rings is 1. The Morgan fingerprint density at radius 2 is 2.03 bits per heavy atom. The standard InChI is InChI=1S/C24H27N5O3S/c1-15(18-11-23(31)26-12-18)32-22-10-17(9-21-24(22)33-14-27-21)20-4-3-19(13-25-20)29-7-5-28(6-8-29)16(2)30/h3-4,9-10,13-15,18H,5-8,11-12H2,1-2H3,(H,26,31). The molecule has 33 heavy (non-hydrogen) atoms. The van der Waals surface area contributed by atoms with Crippen LogP contribution in [0.2, 0.25) is 0 Å². The lowest BCUT2D eigenvalue weighted by Crippen LogP contribution is -2.48. The summed E-state index contributed by atoms with van der Waals surface area (Å²) in [4.78, 5) is 36.5. The number of anilines is 1. The van der Waals surface area contributed by atoms with Crippen LogP contribution < -0.4 is 15.0 Å². The van der Waals surface area contributed by atoms with Crippen LogP contribution >= 0.6 is 11.3 Å². The summed E-state index contributed by atoms with van der Waals surface area (Å²) in [6, 6.07) is 8.16. The smallest absolute Gasteiger partial charge is 0.220 e. The van der Waals surface area contributed by atoms with Crippen molar-refractivity contribution < 1.29 is 14.3 Å². The zero-order valence-electron chi connectivity index (χ0n) is 18.8. The van der Waals surface area contributed by atoms with Gasteiger partial charge < -0.3 is 19.9 Å². The number of carbonyl (C=O) groups excluding carboxylic acids is 2. The number of amides is 2. The first-order chi connectivity index (χ1) is 16.0. The number of nitrogens with zero attached hydrogens (tertiary/aromatic N) is 4. The van der Waals surface area contributed by atoms with Gasteiger partial charge in [0.25, 0.3) is 0 Å². The number of hydrogen-bond acceptors (Lipinski definition) is 7. The summed E-state index contributed by atoms with van der Waals surface area (Å²) in [5.41, 5.74) is 5.56. The fourth-order valence-electron chi connectivity index (χ4n) is 4.45. The van der Waals surface area contributed by atoms with Crippen LogP contribution in [0, 0.1) is 5.92 Å². The van der Waals surface area contributed by atoms with E-state index in [1.165, 1.54) is 0 Å². The maximum absolute atomic E-state index is 11.6. The maximum Gasteiger partial charge on any atom is 0.220 e. The molecule has 2 aromatic heterocycles. The van der Waals surface area contributed by atoms with Gasteiger partial charge in [0.2, 0.25) is 11.8 Å². The van der Waals surface area contributed by atoms with Gasteiger partial charge in [-0.2, -0.15) is 0 Å². The Kier molecular flexibility index (Phi) is 5.88. The minimum absolute atomic E-state index is 0.0825. The van der Waals surface area contributed by atoms with Crippen LogP contribution in [0.4, 0.5) is 5.69 Å². The van der Waals surface area contributed by atoms with Crippen LogP contribution in [0.5, 0.6) is 5.75 Å². The van der Waals surface area contributed by atoms with E-state index in [0.29, 0.717) is 13.0 Å². The first-order valence-corrected chi connectivity index (χ1v) is 12.1. The van der Waals surface area contributed by atoms with E-state index < -0.39 is 0 Å². The Labute approximate surface area is 196 Å². The highest BCUT2D eigenvalue weighted by Gasteiger charge is 2.28. The Balaban J connectivity index is 1.35. The summed E-state index contributed by atoms with van der Waals surface area (Å²) in [6.07, 6.45) is 2.30. The Morgan fingerprint density at radius 3 is 2.70 bits per heavy atom. The van der Waals surface area contributed by atoms with Crippen molar-refractivity contribution in [2.75, 3.05) is 37.6 Å². The number of benzene rings is 1. The molecule has 172 valence electrons. The fourth-order valence-corrected chi connectivity index (χ4v) is 5.18. The second-order valence-corrected chi connectivity index (χ2v) is 9.52. The highest BCUT2D eigenvalue weighted by molar-refractivity contribution is 7.17. The average molecular weight is 466 g/mol. The molecule has 9 heteroatoms. The monoisotopic (exact) mass is 465 g/mol. The molecule has 1 aromatic carbocycles. The predicted octanol–water partition coefficient (Wildman–Crippen LogP) is 2.93. The molecule has 0 saturated carbocycles. The van der Waals surface area contributed by atoms with E-state index in [4.69, 9.17) is 9.72 Å². The van der Waals surface area contributed by atoms with Gasteiger partial charge in [-0.05, 0) is 31.2 Å². The number of aromatic nitrogens is 2. The minimum atomic E-state index is -0.0893. The number of nitrogens with one attached hydrogen (secondary N) is 1. The van der Waals surface area contributed by atoms with E-state index in [1.807, 2.05) is 41.7 Å². The second kappa shape index (κ2) is 8.97. The van der Waals surface area contributed by atoms with Crippen LogP contribution in [-0.4, -0.2) is 65.5 Å². The summed E-state index contributed by atoms with van der Waals surface area (Å²) < 4.78 is 7.34. The van der Waals surface area contributed by atoms with Gasteiger partial charge in [-0.1, -0.05) is 0 Å². The van der Waals surface area contributed by atoms with Crippen molar-refractivity contribution in [1.82, 2.24) is 20.2 Å². The zero-order valence-corrected chi connectivity index (χ0v) is 19.6. The molecular weight excluding hydrogens is 438 g/mol. The van der Waals surface area contributed by atoms with Gasteiger partial charge in [0.1, 0.15) is 11.9 Å². The first-order valence-electron chi connectivity index (χ1n) is 11.3. The van der Waals surface area contributed by atoms with E-state index in [-0.39, 0.29) is 23.8 Å². The summed E-state index contributed by atoms with van der Waals surface area (Å²) >= 11 is 1.55. The number of pyridine rings is 1. The van der Waals surface area contributed by atoms with E-state index in [0.717, 1.165) is 59.1 Å². The lowest BCUT2D eigenvalue weighted by molar-refractivity contribution is -0.129. The molecule has 2 atom stereocenters. The molecule has 2 saturated heterocycles. The lowest BCUT2D eigenvalue weighted by atomic mass is 10.0. The van der Waals surface area contributed by atoms with Crippen molar-refractivity contribution in [3.8, 4) is 17.0 Å². The quantitative estimate of drug-likeness (QED) is 0.623. The number of hydrogen-bond donors (Lipinski definition) is 1. The van der Waals surface area contributed by atoms with Crippen molar-refractivity contribution >= 4 is 39.1 Å². The van der Waals surface area contributed by atoms with Crippen molar-refractivity contribution in [2.24, 2.45) is 5.92 Å². The molecule has 8 nitrogen and oxygen atoms in total. The molecule has 2 unspecified atom stereocenters. The summed E-state index contributed by atoms with van der Waals surface area (Å²) in [7, 11) is 0. The number of ether oxygens (including phenoxy) is 1. The van der Waals surface area contributed by atoms with E-state index >= 15 is 0 Å². The van der Waals surface area contributed by atoms with Gasteiger partial charge in [-0.3, -0.25) is 14.6 Å². The van der Waals surface area contributed by atoms with E-state index in [9.17, 15) is 9.59 Å². The van der Waals surface area contributed by atoms with Crippen molar-refractivity contribution in [3.05, 3.63) is 36.0 Å². The zero-order chi connectivity index (χ0) is 22.9. The average Bonchev–Trinajstić information content (AvgIpc) is 3.48. The van der Waals surface area contributed by atoms with Crippen molar-refractivity contribution in [2.45, 2.75) is 26.4 Å². The Bertz CT molecular complexity index is 1170. The predicted molar refractivity (Wildman–Crippen MR) is 129 cm³/mol. The summed E-state index contributed by atoms with van der Waals surface area (Å²) in [5.74, 6) is 1.15. The van der Waals surface area contributed by atoms with Gasteiger partial charge >= 0.3 is 0 Å². The SMILES string of the molecule is CC(=O)N1CCN(c2ccc(-c3cc(OC(C)C4CNC(=O)C4)c4scnc4c3)nc2)CC1. The molecule has 2 amide bonds. The lowest BCUT2D eigenvalue weighted by Gasteiger charge is -2.35.